The second-order valence-corrected chi connectivity index (χ2v) is 8.45. The molecule has 116 valence electrons. The maximum Gasteiger partial charge on any atom is 0.223 e. The van der Waals surface area contributed by atoms with E-state index in [1.165, 1.54) is 17.4 Å². The Labute approximate surface area is 126 Å². The van der Waals surface area contributed by atoms with E-state index in [0.717, 1.165) is 6.42 Å². The van der Waals surface area contributed by atoms with Crippen LogP contribution in [0.1, 0.15) is 43.2 Å². The summed E-state index contributed by atoms with van der Waals surface area (Å²) in [4.78, 5) is 11.9. The van der Waals surface area contributed by atoms with Crippen molar-refractivity contribution in [1.29, 1.82) is 0 Å². The number of benzene rings is 1. The molecule has 0 aliphatic heterocycles. The predicted molar refractivity (Wildman–Crippen MR) is 84.1 cm³/mol. The molecular weight excluding hydrogens is 286 g/mol. The number of rotatable bonds is 6. The van der Waals surface area contributed by atoms with E-state index in [1.807, 2.05) is 0 Å². The number of nitrogens with one attached hydrogen (secondary N) is 1. The number of sulfone groups is 1. The van der Waals surface area contributed by atoms with E-state index in [-0.39, 0.29) is 30.0 Å². The number of carbonyl (C=O) groups is 1. The summed E-state index contributed by atoms with van der Waals surface area (Å²) in [5.74, 6) is 0.753. The molecule has 1 aromatic carbocycles. The maximum atomic E-state index is 11.9. The summed E-state index contributed by atoms with van der Waals surface area (Å²) in [5.41, 5.74) is 2.50. The zero-order valence-corrected chi connectivity index (χ0v) is 13.6. The lowest BCUT2D eigenvalue weighted by molar-refractivity contribution is -0.122. The van der Waals surface area contributed by atoms with E-state index in [9.17, 15) is 13.2 Å². The second-order valence-electron chi connectivity index (χ2n) is 6.19. The van der Waals surface area contributed by atoms with Crippen LogP contribution in [0.5, 0.6) is 0 Å². The number of carbonyl (C=O) groups excluding carboxylic acids is 1. The molecule has 2 rings (SSSR count). The van der Waals surface area contributed by atoms with Crippen molar-refractivity contribution in [2.45, 2.75) is 32.1 Å². The maximum absolute atomic E-state index is 11.9. The Morgan fingerprint density at radius 2 is 1.90 bits per heavy atom. The summed E-state index contributed by atoms with van der Waals surface area (Å²) in [7, 11) is -3.02. The lowest BCUT2D eigenvalue weighted by atomic mass is 10.00. The van der Waals surface area contributed by atoms with Gasteiger partial charge in [0.05, 0.1) is 5.75 Å². The Balaban J connectivity index is 1.85. The molecule has 0 bridgehead atoms. The highest BCUT2D eigenvalue weighted by Gasteiger charge is 2.43. The Morgan fingerprint density at radius 1 is 1.29 bits per heavy atom. The molecule has 1 saturated carbocycles. The van der Waals surface area contributed by atoms with Crippen LogP contribution in [0.4, 0.5) is 0 Å². The van der Waals surface area contributed by atoms with Gasteiger partial charge in [0.2, 0.25) is 5.91 Å². The van der Waals surface area contributed by atoms with Crippen LogP contribution in [0.3, 0.4) is 0 Å². The van der Waals surface area contributed by atoms with E-state index in [4.69, 9.17) is 0 Å². The molecule has 2 atom stereocenters. The van der Waals surface area contributed by atoms with E-state index in [1.54, 1.807) is 0 Å². The van der Waals surface area contributed by atoms with Gasteiger partial charge >= 0.3 is 0 Å². The molecule has 0 aromatic heterocycles. The summed E-state index contributed by atoms with van der Waals surface area (Å²) in [6.45, 7) is 4.52. The van der Waals surface area contributed by atoms with E-state index < -0.39 is 9.84 Å². The minimum Gasteiger partial charge on any atom is -0.355 e. The minimum absolute atomic E-state index is 0.000782. The van der Waals surface area contributed by atoms with Crippen molar-refractivity contribution < 1.29 is 13.2 Å². The zero-order chi connectivity index (χ0) is 15.6. The fraction of sp³-hybridized carbons (Fsp3) is 0.562. The monoisotopic (exact) mass is 309 g/mol. The first-order valence-corrected chi connectivity index (χ1v) is 9.39. The van der Waals surface area contributed by atoms with Crippen molar-refractivity contribution in [2.75, 3.05) is 18.6 Å². The van der Waals surface area contributed by atoms with E-state index in [2.05, 4.69) is 43.4 Å². The lowest BCUT2D eigenvalue weighted by Crippen LogP contribution is -2.30. The Kier molecular flexibility index (Phi) is 4.71. The average Bonchev–Trinajstić information content (AvgIpc) is 3.17. The fourth-order valence-corrected chi connectivity index (χ4v) is 2.94. The number of hydrogen-bond acceptors (Lipinski definition) is 3. The van der Waals surface area contributed by atoms with Crippen molar-refractivity contribution in [3.8, 4) is 0 Å². The molecule has 0 heterocycles. The molecule has 5 heteroatoms. The molecule has 1 amide bonds. The van der Waals surface area contributed by atoms with Crippen LogP contribution in [0, 0.1) is 5.92 Å². The Hall–Kier alpha value is -1.36. The number of hydrogen-bond donors (Lipinski definition) is 1. The normalized spacial score (nSPS) is 21.3. The van der Waals surface area contributed by atoms with Crippen LogP contribution >= 0.6 is 0 Å². The van der Waals surface area contributed by atoms with Gasteiger partial charge in [0, 0.05) is 18.7 Å². The van der Waals surface area contributed by atoms with Crippen molar-refractivity contribution in [1.82, 2.24) is 5.32 Å². The second kappa shape index (κ2) is 6.18. The number of amides is 1. The fourth-order valence-electron chi connectivity index (χ4n) is 2.47. The molecule has 0 radical (unpaired) electrons. The van der Waals surface area contributed by atoms with Gasteiger partial charge in [-0.3, -0.25) is 4.79 Å². The topological polar surface area (TPSA) is 63.2 Å². The van der Waals surface area contributed by atoms with Crippen LogP contribution in [0.15, 0.2) is 24.3 Å². The highest BCUT2D eigenvalue weighted by Crippen LogP contribution is 2.47. The Morgan fingerprint density at radius 3 is 2.43 bits per heavy atom. The van der Waals surface area contributed by atoms with Crippen LogP contribution in [0.2, 0.25) is 0 Å². The van der Waals surface area contributed by atoms with Gasteiger partial charge in [-0.2, -0.15) is 0 Å². The predicted octanol–water partition coefficient (Wildman–Crippen LogP) is 2.07. The Bertz CT molecular complexity index is 605. The molecule has 0 saturated heterocycles. The molecule has 0 spiro atoms. The first-order valence-electron chi connectivity index (χ1n) is 7.33. The lowest BCUT2D eigenvalue weighted by Gasteiger charge is -2.07. The first kappa shape index (κ1) is 16.0. The summed E-state index contributed by atoms with van der Waals surface area (Å²) >= 11 is 0. The van der Waals surface area contributed by atoms with Gasteiger partial charge in [0.25, 0.3) is 0 Å². The van der Waals surface area contributed by atoms with Gasteiger partial charge in [0.15, 0.2) is 0 Å². The van der Waals surface area contributed by atoms with Gasteiger partial charge < -0.3 is 5.32 Å². The van der Waals surface area contributed by atoms with E-state index >= 15 is 0 Å². The third-order valence-electron chi connectivity index (χ3n) is 3.93. The smallest absolute Gasteiger partial charge is 0.223 e. The molecule has 1 aliphatic rings. The zero-order valence-electron chi connectivity index (χ0n) is 12.8. The molecule has 1 N–H and O–H groups in total. The third-order valence-corrected chi connectivity index (χ3v) is 4.88. The highest BCUT2D eigenvalue weighted by molar-refractivity contribution is 7.90. The average molecular weight is 309 g/mol. The molecule has 1 aromatic rings. The van der Waals surface area contributed by atoms with E-state index in [0.29, 0.717) is 5.92 Å². The van der Waals surface area contributed by atoms with Gasteiger partial charge in [-0.25, -0.2) is 8.42 Å². The van der Waals surface area contributed by atoms with Gasteiger partial charge in [-0.05, 0) is 29.4 Å². The van der Waals surface area contributed by atoms with Gasteiger partial charge in [-0.15, -0.1) is 0 Å². The van der Waals surface area contributed by atoms with Crippen molar-refractivity contribution >= 4 is 15.7 Å². The molecule has 4 nitrogen and oxygen atoms in total. The third kappa shape index (κ3) is 4.56. The highest BCUT2D eigenvalue weighted by atomic mass is 32.2. The van der Waals surface area contributed by atoms with Crippen molar-refractivity contribution in [3.05, 3.63) is 35.4 Å². The summed E-state index contributed by atoms with van der Waals surface area (Å²) in [6.07, 6.45) is 2.03. The van der Waals surface area contributed by atoms with Crippen molar-refractivity contribution in [3.63, 3.8) is 0 Å². The molecule has 1 aliphatic carbocycles. The molecule has 1 fully saturated rings. The summed E-state index contributed by atoms with van der Waals surface area (Å²) < 4.78 is 22.0. The van der Waals surface area contributed by atoms with Gasteiger partial charge in [-0.1, -0.05) is 38.1 Å². The van der Waals surface area contributed by atoms with Crippen LogP contribution in [-0.2, 0) is 14.6 Å². The van der Waals surface area contributed by atoms with Gasteiger partial charge in [0.1, 0.15) is 9.84 Å². The van der Waals surface area contributed by atoms with Crippen LogP contribution in [0.25, 0.3) is 0 Å². The quantitative estimate of drug-likeness (QED) is 0.875. The SMILES string of the molecule is CC(C)c1ccc([C@H]2C[C@@H]2C(=O)NCCS(C)(=O)=O)cc1. The minimum atomic E-state index is -3.02. The largest absolute Gasteiger partial charge is 0.355 e. The first-order chi connectivity index (χ1) is 9.78. The summed E-state index contributed by atoms with van der Waals surface area (Å²) in [5, 5.41) is 2.71. The molecular formula is C16H23NO3S. The standard InChI is InChI=1S/C16H23NO3S/c1-11(2)12-4-6-13(7-5-12)14-10-15(14)16(18)17-8-9-21(3,19)20/h4-7,11,14-15H,8-10H2,1-3H3,(H,17,18)/t14-,15+/m1/s1. The van der Waals surface area contributed by atoms with Crippen molar-refractivity contribution in [2.24, 2.45) is 5.92 Å². The van der Waals surface area contributed by atoms with Crippen LogP contribution in [-0.4, -0.2) is 32.9 Å². The van der Waals surface area contributed by atoms with Crippen LogP contribution < -0.4 is 5.32 Å². The summed E-state index contributed by atoms with van der Waals surface area (Å²) in [6, 6.07) is 8.45. The molecule has 0 unspecified atom stereocenters. The molecule has 21 heavy (non-hydrogen) atoms.